The predicted octanol–water partition coefficient (Wildman–Crippen LogP) is 6.10. The summed E-state index contributed by atoms with van der Waals surface area (Å²) in [6, 6.07) is 9.92. The van der Waals surface area contributed by atoms with Crippen LogP contribution in [-0.2, 0) is 4.79 Å². The Bertz CT molecular complexity index is 706. The molecule has 0 radical (unpaired) electrons. The minimum Gasteiger partial charge on any atom is -0.492 e. The van der Waals surface area contributed by atoms with Crippen molar-refractivity contribution in [3.63, 3.8) is 0 Å². The molecule has 0 saturated carbocycles. The first-order valence-electron chi connectivity index (χ1n) is 6.78. The highest BCUT2D eigenvalue weighted by atomic mass is 35.5. The van der Waals surface area contributed by atoms with E-state index in [-0.39, 0.29) is 5.91 Å². The number of benzene rings is 2. The summed E-state index contributed by atoms with van der Waals surface area (Å²) < 4.78 is 5.52. The summed E-state index contributed by atoms with van der Waals surface area (Å²) in [7, 11) is 0. The third-order valence-corrected chi connectivity index (χ3v) is 4.17. The molecule has 7 heteroatoms. The lowest BCUT2D eigenvalue weighted by molar-refractivity contribution is -0.116. The van der Waals surface area contributed by atoms with Crippen molar-refractivity contribution in [3.8, 4) is 5.75 Å². The molecule has 0 fully saturated rings. The number of carbonyl (C=O) groups excluding carboxylic acids is 1. The zero-order chi connectivity index (χ0) is 16.8. The number of amides is 1. The minimum atomic E-state index is -0.130. The van der Waals surface area contributed by atoms with Crippen molar-refractivity contribution in [1.29, 1.82) is 0 Å². The van der Waals surface area contributed by atoms with Crippen LogP contribution in [0.3, 0.4) is 0 Å². The Morgan fingerprint density at radius 1 is 0.957 bits per heavy atom. The maximum atomic E-state index is 11.8. The number of carbonyl (C=O) groups is 1. The maximum Gasteiger partial charge on any atom is 0.224 e. The Hall–Kier alpha value is -1.13. The second kappa shape index (κ2) is 8.65. The van der Waals surface area contributed by atoms with E-state index in [0.717, 1.165) is 0 Å². The molecule has 1 amide bonds. The van der Waals surface area contributed by atoms with E-state index < -0.39 is 0 Å². The second-order valence-corrected chi connectivity index (χ2v) is 6.36. The van der Waals surface area contributed by atoms with E-state index in [4.69, 9.17) is 51.1 Å². The van der Waals surface area contributed by atoms with Gasteiger partial charge in [0.05, 0.1) is 21.7 Å². The van der Waals surface area contributed by atoms with Gasteiger partial charge >= 0.3 is 0 Å². The highest BCUT2D eigenvalue weighted by molar-refractivity contribution is 6.42. The number of anilines is 1. The molecule has 0 saturated heterocycles. The highest BCUT2D eigenvalue weighted by Crippen LogP contribution is 2.28. The smallest absolute Gasteiger partial charge is 0.224 e. The van der Waals surface area contributed by atoms with Crippen LogP contribution in [0.4, 0.5) is 5.69 Å². The lowest BCUT2D eigenvalue weighted by Crippen LogP contribution is -2.12. The fourth-order valence-corrected chi connectivity index (χ4v) is 2.57. The van der Waals surface area contributed by atoms with Crippen LogP contribution in [-0.4, -0.2) is 12.5 Å². The number of hydrogen-bond acceptors (Lipinski definition) is 2. The van der Waals surface area contributed by atoms with Gasteiger partial charge in [0.1, 0.15) is 5.75 Å². The monoisotopic (exact) mass is 391 g/mol. The molecule has 23 heavy (non-hydrogen) atoms. The number of nitrogens with one attached hydrogen (secondary N) is 1. The van der Waals surface area contributed by atoms with Crippen molar-refractivity contribution in [3.05, 3.63) is 56.5 Å². The van der Waals surface area contributed by atoms with Crippen LogP contribution >= 0.6 is 46.4 Å². The first kappa shape index (κ1) is 18.2. The Morgan fingerprint density at radius 3 is 2.43 bits per heavy atom. The molecule has 0 aromatic heterocycles. The minimum absolute atomic E-state index is 0.130. The van der Waals surface area contributed by atoms with E-state index in [1.54, 1.807) is 36.4 Å². The Balaban J connectivity index is 1.75. The molecule has 0 heterocycles. The molecule has 0 atom stereocenters. The predicted molar refractivity (Wildman–Crippen MR) is 96.3 cm³/mol. The topological polar surface area (TPSA) is 38.3 Å². The summed E-state index contributed by atoms with van der Waals surface area (Å²) in [6.07, 6.45) is 0.859. The summed E-state index contributed by atoms with van der Waals surface area (Å²) in [4.78, 5) is 11.8. The van der Waals surface area contributed by atoms with Crippen molar-refractivity contribution >= 4 is 58.0 Å². The zero-order valence-electron chi connectivity index (χ0n) is 11.9. The van der Waals surface area contributed by atoms with Gasteiger partial charge in [-0.2, -0.15) is 0 Å². The van der Waals surface area contributed by atoms with E-state index >= 15 is 0 Å². The third kappa shape index (κ3) is 5.78. The van der Waals surface area contributed by atoms with Crippen molar-refractivity contribution in [1.82, 2.24) is 0 Å². The van der Waals surface area contributed by atoms with Crippen molar-refractivity contribution in [2.75, 3.05) is 11.9 Å². The maximum absolute atomic E-state index is 11.8. The molecule has 2 aromatic rings. The molecular weight excluding hydrogens is 380 g/mol. The van der Waals surface area contributed by atoms with E-state index in [0.29, 0.717) is 51.0 Å². The molecular formula is C16H13Cl4NO2. The van der Waals surface area contributed by atoms with Crippen molar-refractivity contribution < 1.29 is 9.53 Å². The first-order chi connectivity index (χ1) is 11.0. The molecule has 0 aliphatic carbocycles. The van der Waals surface area contributed by atoms with Crippen LogP contribution in [0, 0.1) is 0 Å². The summed E-state index contributed by atoms with van der Waals surface area (Å²) in [6.45, 7) is 0.371. The fourth-order valence-electron chi connectivity index (χ4n) is 1.80. The van der Waals surface area contributed by atoms with Gasteiger partial charge in [0, 0.05) is 17.1 Å². The van der Waals surface area contributed by atoms with Crippen LogP contribution in [0.25, 0.3) is 0 Å². The van der Waals surface area contributed by atoms with Gasteiger partial charge in [-0.05, 0) is 42.8 Å². The molecule has 122 valence electrons. The largest absolute Gasteiger partial charge is 0.492 e. The normalized spacial score (nSPS) is 10.4. The van der Waals surface area contributed by atoms with Gasteiger partial charge in [-0.25, -0.2) is 0 Å². The summed E-state index contributed by atoms with van der Waals surface area (Å²) >= 11 is 23.5. The van der Waals surface area contributed by atoms with Gasteiger partial charge in [0.25, 0.3) is 0 Å². The molecule has 2 aromatic carbocycles. The van der Waals surface area contributed by atoms with Crippen LogP contribution in [0.15, 0.2) is 36.4 Å². The number of rotatable bonds is 6. The van der Waals surface area contributed by atoms with E-state index in [2.05, 4.69) is 5.32 Å². The van der Waals surface area contributed by atoms with Crippen LogP contribution in [0.2, 0.25) is 20.1 Å². The lowest BCUT2D eigenvalue weighted by Gasteiger charge is -2.09. The summed E-state index contributed by atoms with van der Waals surface area (Å²) in [5, 5.41) is 4.57. The van der Waals surface area contributed by atoms with Gasteiger partial charge < -0.3 is 10.1 Å². The third-order valence-electron chi connectivity index (χ3n) is 2.90. The van der Waals surface area contributed by atoms with Crippen molar-refractivity contribution in [2.24, 2.45) is 0 Å². The Kier molecular flexibility index (Phi) is 6.85. The van der Waals surface area contributed by atoms with E-state index in [9.17, 15) is 4.79 Å². The molecule has 0 unspecified atom stereocenters. The Morgan fingerprint density at radius 2 is 1.74 bits per heavy atom. The van der Waals surface area contributed by atoms with Crippen LogP contribution in [0.5, 0.6) is 5.75 Å². The molecule has 0 bridgehead atoms. The number of hydrogen-bond donors (Lipinski definition) is 1. The quantitative estimate of drug-likeness (QED) is 0.603. The number of ether oxygens (including phenoxy) is 1. The summed E-state index contributed by atoms with van der Waals surface area (Å²) in [5.74, 6) is 0.412. The average molecular weight is 393 g/mol. The molecule has 3 nitrogen and oxygen atoms in total. The molecule has 0 aliphatic rings. The molecule has 1 N–H and O–H groups in total. The second-order valence-electron chi connectivity index (χ2n) is 4.70. The summed E-state index contributed by atoms with van der Waals surface area (Å²) in [5.41, 5.74) is 0.603. The number of halogens is 4. The lowest BCUT2D eigenvalue weighted by atomic mass is 10.2. The van der Waals surface area contributed by atoms with Gasteiger partial charge in [0.15, 0.2) is 0 Å². The molecule has 0 aliphatic heterocycles. The van der Waals surface area contributed by atoms with Crippen molar-refractivity contribution in [2.45, 2.75) is 12.8 Å². The van der Waals surface area contributed by atoms with Crippen LogP contribution in [0.1, 0.15) is 12.8 Å². The average Bonchev–Trinajstić information content (AvgIpc) is 2.49. The van der Waals surface area contributed by atoms with Gasteiger partial charge in [-0.15, -0.1) is 0 Å². The van der Waals surface area contributed by atoms with Gasteiger partial charge in [0.2, 0.25) is 5.91 Å². The highest BCUT2D eigenvalue weighted by Gasteiger charge is 2.06. The van der Waals surface area contributed by atoms with E-state index in [1.807, 2.05) is 0 Å². The standard InChI is InChI=1S/C16H13Cl4NO2/c17-10-3-6-15(14(20)8-10)23-7-1-2-16(22)21-11-4-5-12(18)13(19)9-11/h3-6,8-9H,1-2,7H2,(H,21,22). The molecule has 2 rings (SSSR count). The fraction of sp³-hybridized carbons (Fsp3) is 0.188. The van der Waals surface area contributed by atoms with Crippen LogP contribution < -0.4 is 10.1 Å². The molecule has 0 spiro atoms. The first-order valence-corrected chi connectivity index (χ1v) is 8.29. The SMILES string of the molecule is O=C(CCCOc1ccc(Cl)cc1Cl)Nc1ccc(Cl)c(Cl)c1. The van der Waals surface area contributed by atoms with Gasteiger partial charge in [-0.1, -0.05) is 46.4 Å². The zero-order valence-corrected chi connectivity index (χ0v) is 14.9. The van der Waals surface area contributed by atoms with E-state index in [1.165, 1.54) is 0 Å². The van der Waals surface area contributed by atoms with Gasteiger partial charge in [-0.3, -0.25) is 4.79 Å². The Labute approximate surface area is 154 Å².